The molecule has 1 aliphatic rings. The highest BCUT2D eigenvalue weighted by molar-refractivity contribution is 9.09. The zero-order valence-corrected chi connectivity index (χ0v) is 12.8. The van der Waals surface area contributed by atoms with Crippen LogP contribution in [-0.2, 0) is 16.1 Å². The number of rotatable bonds is 4. The van der Waals surface area contributed by atoms with Crippen molar-refractivity contribution in [1.82, 2.24) is 4.90 Å². The summed E-state index contributed by atoms with van der Waals surface area (Å²) < 4.78 is 5.29. The summed E-state index contributed by atoms with van der Waals surface area (Å²) in [7, 11) is 0. The van der Waals surface area contributed by atoms with E-state index in [2.05, 4.69) is 15.9 Å². The number of ketones is 1. The van der Waals surface area contributed by atoms with Crippen molar-refractivity contribution < 1.29 is 14.3 Å². The zero-order valence-electron chi connectivity index (χ0n) is 11.3. The number of hydrogen-bond acceptors (Lipinski definition) is 3. The Morgan fingerprint density at radius 1 is 1.30 bits per heavy atom. The first-order valence-electron chi connectivity index (χ1n) is 6.75. The summed E-state index contributed by atoms with van der Waals surface area (Å²) in [6.07, 6.45) is 1.37. The van der Waals surface area contributed by atoms with Gasteiger partial charge in [-0.1, -0.05) is 46.3 Å². The third-order valence-corrected chi connectivity index (χ3v) is 4.02. The minimum absolute atomic E-state index is 0.0626. The van der Waals surface area contributed by atoms with E-state index in [9.17, 15) is 9.59 Å². The summed E-state index contributed by atoms with van der Waals surface area (Å²) in [4.78, 5) is 25.3. The molecule has 4 nitrogen and oxygen atoms in total. The summed E-state index contributed by atoms with van der Waals surface area (Å²) in [6, 6.07) is 9.58. The number of ether oxygens (including phenoxy) is 1. The van der Waals surface area contributed by atoms with Gasteiger partial charge in [-0.3, -0.25) is 4.79 Å². The molecule has 1 aliphatic heterocycles. The van der Waals surface area contributed by atoms with Crippen molar-refractivity contribution in [3.05, 3.63) is 35.9 Å². The zero-order chi connectivity index (χ0) is 14.4. The van der Waals surface area contributed by atoms with Crippen LogP contribution in [0.3, 0.4) is 0 Å². The highest BCUT2D eigenvalue weighted by Crippen LogP contribution is 2.19. The van der Waals surface area contributed by atoms with E-state index in [1.165, 1.54) is 0 Å². The minimum Gasteiger partial charge on any atom is -0.445 e. The number of amides is 1. The first kappa shape index (κ1) is 15.0. The Morgan fingerprint density at radius 2 is 2.05 bits per heavy atom. The first-order valence-corrected chi connectivity index (χ1v) is 7.87. The maximum Gasteiger partial charge on any atom is 0.410 e. The molecule has 0 spiro atoms. The van der Waals surface area contributed by atoms with Crippen molar-refractivity contribution in [3.63, 3.8) is 0 Å². The van der Waals surface area contributed by atoms with Crippen LogP contribution in [0.4, 0.5) is 4.79 Å². The van der Waals surface area contributed by atoms with E-state index in [4.69, 9.17) is 4.74 Å². The predicted molar refractivity (Wildman–Crippen MR) is 79.7 cm³/mol. The van der Waals surface area contributed by atoms with E-state index in [1.807, 2.05) is 30.3 Å². The molecule has 1 atom stereocenters. The Hall–Kier alpha value is -1.36. The number of likely N-dealkylation sites (tertiary alicyclic amines) is 1. The van der Waals surface area contributed by atoms with Crippen LogP contribution in [0.25, 0.3) is 0 Å². The van der Waals surface area contributed by atoms with Crippen LogP contribution in [0.2, 0.25) is 0 Å². The largest absolute Gasteiger partial charge is 0.445 e. The van der Waals surface area contributed by atoms with Crippen molar-refractivity contribution in [2.75, 3.05) is 18.4 Å². The van der Waals surface area contributed by atoms with Crippen molar-refractivity contribution in [2.24, 2.45) is 5.92 Å². The van der Waals surface area contributed by atoms with Gasteiger partial charge in [-0.15, -0.1) is 0 Å². The summed E-state index contributed by atoms with van der Waals surface area (Å²) >= 11 is 3.18. The second kappa shape index (κ2) is 7.43. The van der Waals surface area contributed by atoms with E-state index in [-0.39, 0.29) is 24.4 Å². The van der Waals surface area contributed by atoms with Crippen LogP contribution in [0, 0.1) is 5.92 Å². The van der Waals surface area contributed by atoms with Crippen molar-refractivity contribution in [2.45, 2.75) is 19.4 Å². The standard InChI is InChI=1S/C15H18BrNO3/c16-9-14(18)13-7-4-8-17(10-13)15(19)20-11-12-5-2-1-3-6-12/h1-3,5-6,13H,4,7-11H2. The molecule has 1 aromatic rings. The lowest BCUT2D eigenvalue weighted by Gasteiger charge is -2.31. The number of piperidine rings is 1. The minimum atomic E-state index is -0.332. The predicted octanol–water partition coefficient (Wildman–Crippen LogP) is 3.00. The van der Waals surface area contributed by atoms with E-state index in [0.717, 1.165) is 18.4 Å². The maximum absolute atomic E-state index is 12.0. The molecule has 2 rings (SSSR count). The second-order valence-corrected chi connectivity index (χ2v) is 5.49. The average Bonchev–Trinajstić information content (AvgIpc) is 2.53. The average molecular weight is 340 g/mol. The van der Waals surface area contributed by atoms with Gasteiger partial charge in [-0.05, 0) is 18.4 Å². The van der Waals surface area contributed by atoms with Crippen LogP contribution in [0.15, 0.2) is 30.3 Å². The van der Waals surface area contributed by atoms with Crippen LogP contribution in [0.1, 0.15) is 18.4 Å². The van der Waals surface area contributed by atoms with Crippen molar-refractivity contribution in [3.8, 4) is 0 Å². The van der Waals surface area contributed by atoms with Crippen LogP contribution >= 0.6 is 15.9 Å². The maximum atomic E-state index is 12.0. The smallest absolute Gasteiger partial charge is 0.410 e. The summed E-state index contributed by atoms with van der Waals surface area (Å²) in [6.45, 7) is 1.41. The summed E-state index contributed by atoms with van der Waals surface area (Å²) in [5.41, 5.74) is 0.964. The summed E-state index contributed by atoms with van der Waals surface area (Å²) in [5.74, 6) is 0.0953. The SMILES string of the molecule is O=C(CBr)C1CCCN(C(=O)OCc2ccccc2)C1. The van der Waals surface area contributed by atoms with Crippen LogP contribution < -0.4 is 0 Å². The highest BCUT2D eigenvalue weighted by Gasteiger charge is 2.28. The molecule has 1 unspecified atom stereocenters. The Kier molecular flexibility index (Phi) is 5.59. The number of nitrogens with zero attached hydrogens (tertiary/aromatic N) is 1. The quantitative estimate of drug-likeness (QED) is 0.792. The van der Waals surface area contributed by atoms with Gasteiger partial charge in [0.1, 0.15) is 12.4 Å². The summed E-state index contributed by atoms with van der Waals surface area (Å²) in [5, 5.41) is 0.352. The number of halogens is 1. The lowest BCUT2D eigenvalue weighted by molar-refractivity contribution is -0.121. The van der Waals surface area contributed by atoms with E-state index < -0.39 is 0 Å². The molecule has 20 heavy (non-hydrogen) atoms. The number of carbonyl (C=O) groups is 2. The van der Waals surface area contributed by atoms with Crippen LogP contribution in [-0.4, -0.2) is 35.2 Å². The molecule has 0 aliphatic carbocycles. The molecular weight excluding hydrogens is 322 g/mol. The molecule has 0 bridgehead atoms. The van der Waals surface area contributed by atoms with Gasteiger partial charge in [0.25, 0.3) is 0 Å². The molecule has 0 N–H and O–H groups in total. The van der Waals surface area contributed by atoms with Gasteiger partial charge >= 0.3 is 6.09 Å². The van der Waals surface area contributed by atoms with Gasteiger partial charge in [-0.2, -0.15) is 0 Å². The molecule has 0 aromatic heterocycles. The Labute approximate surface area is 127 Å². The molecule has 1 aromatic carbocycles. The number of carbonyl (C=O) groups excluding carboxylic acids is 2. The lowest BCUT2D eigenvalue weighted by Crippen LogP contribution is -2.42. The Balaban J connectivity index is 1.84. The van der Waals surface area contributed by atoms with Crippen molar-refractivity contribution >= 4 is 27.8 Å². The van der Waals surface area contributed by atoms with Gasteiger partial charge in [0.2, 0.25) is 0 Å². The third kappa shape index (κ3) is 4.07. The van der Waals surface area contributed by atoms with E-state index >= 15 is 0 Å². The highest BCUT2D eigenvalue weighted by atomic mass is 79.9. The number of benzene rings is 1. The monoisotopic (exact) mass is 339 g/mol. The van der Waals surface area contributed by atoms with E-state index in [0.29, 0.717) is 18.4 Å². The molecule has 1 saturated heterocycles. The molecule has 5 heteroatoms. The van der Waals surface area contributed by atoms with Gasteiger partial charge in [0.05, 0.1) is 5.33 Å². The molecule has 0 radical (unpaired) electrons. The van der Waals surface area contributed by atoms with Gasteiger partial charge < -0.3 is 9.64 Å². The van der Waals surface area contributed by atoms with Gasteiger partial charge in [-0.25, -0.2) is 4.79 Å². The Bertz CT molecular complexity index is 463. The third-order valence-electron chi connectivity index (χ3n) is 3.47. The van der Waals surface area contributed by atoms with Gasteiger partial charge in [0.15, 0.2) is 0 Å². The fourth-order valence-corrected chi connectivity index (χ4v) is 2.78. The second-order valence-electron chi connectivity index (χ2n) is 4.93. The number of hydrogen-bond donors (Lipinski definition) is 0. The molecular formula is C15H18BrNO3. The van der Waals surface area contributed by atoms with E-state index in [1.54, 1.807) is 4.90 Å². The fraction of sp³-hybridized carbons (Fsp3) is 0.467. The lowest BCUT2D eigenvalue weighted by atomic mass is 9.95. The number of alkyl halides is 1. The topological polar surface area (TPSA) is 46.6 Å². The van der Waals surface area contributed by atoms with Gasteiger partial charge in [0, 0.05) is 19.0 Å². The molecule has 1 fully saturated rings. The number of Topliss-reactive ketones (excluding diaryl/α,β-unsaturated/α-hetero) is 1. The normalized spacial score (nSPS) is 18.6. The first-order chi connectivity index (χ1) is 9.70. The molecule has 1 heterocycles. The van der Waals surface area contributed by atoms with Crippen LogP contribution in [0.5, 0.6) is 0 Å². The Morgan fingerprint density at radius 3 is 2.75 bits per heavy atom. The molecule has 1 amide bonds. The fourth-order valence-electron chi connectivity index (χ4n) is 2.33. The van der Waals surface area contributed by atoms with Crippen molar-refractivity contribution in [1.29, 1.82) is 0 Å². The molecule has 108 valence electrons. The molecule has 0 saturated carbocycles.